The van der Waals surface area contributed by atoms with Crippen LogP contribution in [0.25, 0.3) is 0 Å². The molecule has 2 amide bonds. The lowest BCUT2D eigenvalue weighted by Crippen LogP contribution is -2.54. The van der Waals surface area contributed by atoms with E-state index in [9.17, 15) is 9.59 Å². The highest BCUT2D eigenvalue weighted by molar-refractivity contribution is 6.42. The van der Waals surface area contributed by atoms with E-state index in [2.05, 4.69) is 5.32 Å². The monoisotopic (exact) mass is 598 g/mol. The van der Waals surface area contributed by atoms with Crippen LogP contribution in [0.15, 0.2) is 66.7 Å². The van der Waals surface area contributed by atoms with E-state index in [1.165, 1.54) is 0 Å². The predicted octanol–water partition coefficient (Wildman–Crippen LogP) is 7.28. The summed E-state index contributed by atoms with van der Waals surface area (Å²) in [6.45, 7) is 10.9. The molecule has 41 heavy (non-hydrogen) atoms. The van der Waals surface area contributed by atoms with E-state index < -0.39 is 11.6 Å². The van der Waals surface area contributed by atoms with Crippen LogP contribution < -0.4 is 14.8 Å². The van der Waals surface area contributed by atoms with Gasteiger partial charge in [0.15, 0.2) is 11.5 Å². The Hall–Kier alpha value is -3.22. The molecule has 0 bridgehead atoms. The summed E-state index contributed by atoms with van der Waals surface area (Å²) in [7, 11) is 0. The number of benzene rings is 3. The molecule has 0 radical (unpaired) electrons. The smallest absolute Gasteiger partial charge is 0.243 e. The van der Waals surface area contributed by atoms with Crippen LogP contribution in [0.5, 0.6) is 11.5 Å². The van der Waals surface area contributed by atoms with Crippen LogP contribution in [-0.2, 0) is 29.0 Å². The van der Waals surface area contributed by atoms with E-state index >= 15 is 0 Å². The number of rotatable bonds is 13. The highest BCUT2D eigenvalue weighted by Crippen LogP contribution is 2.29. The first-order valence-electron chi connectivity index (χ1n) is 14.0. The van der Waals surface area contributed by atoms with Crippen LogP contribution >= 0.6 is 23.2 Å². The maximum Gasteiger partial charge on any atom is 0.243 e. The maximum absolute atomic E-state index is 14.0. The van der Waals surface area contributed by atoms with Gasteiger partial charge in [0, 0.05) is 24.9 Å². The molecule has 8 heteroatoms. The van der Waals surface area contributed by atoms with Gasteiger partial charge in [-0.2, -0.15) is 0 Å². The third-order valence-electron chi connectivity index (χ3n) is 6.34. The van der Waals surface area contributed by atoms with E-state index in [4.69, 9.17) is 32.7 Å². The zero-order chi connectivity index (χ0) is 30.0. The molecule has 3 rings (SSSR count). The summed E-state index contributed by atoms with van der Waals surface area (Å²) in [6, 6.07) is 20.0. The van der Waals surface area contributed by atoms with Crippen molar-refractivity contribution in [1.29, 1.82) is 0 Å². The fourth-order valence-electron chi connectivity index (χ4n) is 4.49. The molecule has 0 saturated heterocycles. The molecule has 1 atom stereocenters. The number of halogens is 2. The number of hydrogen-bond donors (Lipinski definition) is 1. The summed E-state index contributed by atoms with van der Waals surface area (Å²) in [5.41, 5.74) is 2.22. The minimum absolute atomic E-state index is 0.145. The minimum atomic E-state index is -0.738. The molecule has 0 unspecified atom stereocenters. The lowest BCUT2D eigenvalue weighted by Gasteiger charge is -2.34. The molecule has 3 aromatic rings. The van der Waals surface area contributed by atoms with Crippen molar-refractivity contribution < 1.29 is 19.1 Å². The Morgan fingerprint density at radius 3 is 2.12 bits per heavy atom. The van der Waals surface area contributed by atoms with Gasteiger partial charge in [-0.15, -0.1) is 0 Å². The molecular formula is C33H40Cl2N2O4. The Balaban J connectivity index is 1.94. The topological polar surface area (TPSA) is 67.9 Å². The number of nitrogens with zero attached hydrogens (tertiary/aromatic N) is 1. The number of ether oxygens (including phenoxy) is 2. The second kappa shape index (κ2) is 15.1. The third kappa shape index (κ3) is 9.98. The summed E-state index contributed by atoms with van der Waals surface area (Å²) >= 11 is 12.5. The molecule has 0 heterocycles. The molecule has 0 aliphatic heterocycles. The molecular weight excluding hydrogens is 559 g/mol. The van der Waals surface area contributed by atoms with E-state index in [1.54, 1.807) is 17.0 Å². The summed E-state index contributed by atoms with van der Waals surface area (Å²) in [5, 5.41) is 3.91. The Morgan fingerprint density at radius 2 is 1.49 bits per heavy atom. The number of nitrogens with one attached hydrogen (secondary N) is 1. The molecule has 0 aliphatic carbocycles. The van der Waals surface area contributed by atoms with Gasteiger partial charge in [0.1, 0.15) is 6.04 Å². The van der Waals surface area contributed by atoms with Crippen molar-refractivity contribution in [2.45, 2.75) is 72.0 Å². The van der Waals surface area contributed by atoms with Crippen molar-refractivity contribution in [1.82, 2.24) is 10.2 Å². The predicted molar refractivity (Wildman–Crippen MR) is 166 cm³/mol. The number of carbonyl (C=O) groups excluding carboxylic acids is 2. The Bertz CT molecular complexity index is 1310. The molecule has 1 N–H and O–H groups in total. The first-order chi connectivity index (χ1) is 19.5. The van der Waals surface area contributed by atoms with Gasteiger partial charge >= 0.3 is 0 Å². The fraction of sp³-hybridized carbons (Fsp3) is 0.394. The second-order valence-corrected chi connectivity index (χ2v) is 11.7. The van der Waals surface area contributed by atoms with Crippen molar-refractivity contribution in [2.24, 2.45) is 0 Å². The fourth-order valence-corrected chi connectivity index (χ4v) is 4.81. The normalized spacial score (nSPS) is 12.0. The highest BCUT2D eigenvalue weighted by Gasteiger charge is 2.32. The minimum Gasteiger partial charge on any atom is -0.490 e. The van der Waals surface area contributed by atoms with E-state index in [-0.39, 0.29) is 24.8 Å². The van der Waals surface area contributed by atoms with Crippen molar-refractivity contribution >= 4 is 35.0 Å². The van der Waals surface area contributed by atoms with Gasteiger partial charge in [0.2, 0.25) is 11.8 Å². The Morgan fingerprint density at radius 1 is 0.829 bits per heavy atom. The standard InChI is InChI=1S/C33H40Cl2N2O4/c1-6-40-29-17-14-24(21-30(29)41-7-2)15-18-31(38)37(22-25-13-16-26(34)27(35)19-25)28(32(39)36-33(3,4)5)20-23-11-9-8-10-12-23/h8-14,16-17,19,21,28H,6-7,15,18,20,22H2,1-5H3,(H,36,39)/t28-/m1/s1. The lowest BCUT2D eigenvalue weighted by atomic mass is 9.99. The quantitative estimate of drug-likeness (QED) is 0.224. The van der Waals surface area contributed by atoms with Gasteiger partial charge in [-0.25, -0.2) is 0 Å². The average molecular weight is 600 g/mol. The van der Waals surface area contributed by atoms with Crippen LogP contribution in [-0.4, -0.2) is 41.5 Å². The Labute approximate surface area is 253 Å². The molecule has 0 fully saturated rings. The maximum atomic E-state index is 14.0. The molecule has 220 valence electrons. The van der Waals surface area contributed by atoms with Crippen LogP contribution in [0.2, 0.25) is 10.0 Å². The van der Waals surface area contributed by atoms with Crippen molar-refractivity contribution in [3.05, 3.63) is 93.5 Å². The lowest BCUT2D eigenvalue weighted by molar-refractivity contribution is -0.141. The number of carbonyl (C=O) groups is 2. The SMILES string of the molecule is CCOc1ccc(CCC(=O)N(Cc2ccc(Cl)c(Cl)c2)[C@H](Cc2ccccc2)C(=O)NC(C)(C)C)cc1OCC. The Kier molecular flexibility index (Phi) is 11.9. The van der Waals surface area contributed by atoms with Gasteiger partial charge in [0.05, 0.1) is 23.3 Å². The van der Waals surface area contributed by atoms with Gasteiger partial charge in [0.25, 0.3) is 0 Å². The molecule has 0 aromatic heterocycles. The summed E-state index contributed by atoms with van der Waals surface area (Å²) in [5.74, 6) is 0.966. The third-order valence-corrected chi connectivity index (χ3v) is 7.08. The van der Waals surface area contributed by atoms with E-state index in [1.807, 2.05) is 89.2 Å². The zero-order valence-corrected chi connectivity index (χ0v) is 26.0. The molecule has 0 spiro atoms. The molecule has 6 nitrogen and oxygen atoms in total. The van der Waals surface area contributed by atoms with E-state index in [0.717, 1.165) is 16.7 Å². The van der Waals surface area contributed by atoms with Gasteiger partial charge in [-0.3, -0.25) is 9.59 Å². The van der Waals surface area contributed by atoms with Gasteiger partial charge in [-0.05, 0) is 82.0 Å². The highest BCUT2D eigenvalue weighted by atomic mass is 35.5. The number of aryl methyl sites for hydroxylation is 1. The molecule has 0 saturated carbocycles. The van der Waals surface area contributed by atoms with E-state index in [0.29, 0.717) is 47.6 Å². The van der Waals surface area contributed by atoms with Crippen molar-refractivity contribution in [2.75, 3.05) is 13.2 Å². The largest absolute Gasteiger partial charge is 0.490 e. The van der Waals surface area contributed by atoms with Crippen molar-refractivity contribution in [3.63, 3.8) is 0 Å². The number of hydrogen-bond acceptors (Lipinski definition) is 4. The first kappa shape index (κ1) is 32.3. The number of amides is 2. The van der Waals surface area contributed by atoms with Crippen LogP contribution in [0, 0.1) is 0 Å². The summed E-state index contributed by atoms with van der Waals surface area (Å²) in [6.07, 6.45) is 1.05. The zero-order valence-electron chi connectivity index (χ0n) is 24.5. The first-order valence-corrected chi connectivity index (χ1v) is 14.7. The van der Waals surface area contributed by atoms with Crippen LogP contribution in [0.4, 0.5) is 0 Å². The summed E-state index contributed by atoms with van der Waals surface area (Å²) < 4.78 is 11.5. The van der Waals surface area contributed by atoms with Crippen LogP contribution in [0.1, 0.15) is 57.7 Å². The van der Waals surface area contributed by atoms with Crippen molar-refractivity contribution in [3.8, 4) is 11.5 Å². The summed E-state index contributed by atoms with van der Waals surface area (Å²) in [4.78, 5) is 29.4. The second-order valence-electron chi connectivity index (χ2n) is 10.9. The average Bonchev–Trinajstić information content (AvgIpc) is 2.92. The van der Waals surface area contributed by atoms with Gasteiger partial charge in [-0.1, -0.05) is 65.7 Å². The van der Waals surface area contributed by atoms with Crippen LogP contribution in [0.3, 0.4) is 0 Å². The molecule has 3 aromatic carbocycles. The van der Waals surface area contributed by atoms with Gasteiger partial charge < -0.3 is 19.7 Å². The molecule has 0 aliphatic rings.